The van der Waals surface area contributed by atoms with Gasteiger partial charge in [-0.2, -0.15) is 0 Å². The largest absolute Gasteiger partial charge is 0.493 e. The zero-order chi connectivity index (χ0) is 15.2. The lowest BCUT2D eigenvalue weighted by atomic mass is 9.78. The van der Waals surface area contributed by atoms with Crippen molar-refractivity contribution < 1.29 is 4.74 Å². The van der Waals surface area contributed by atoms with Crippen LogP contribution < -0.4 is 10.5 Å². The quantitative estimate of drug-likeness (QED) is 0.708. The van der Waals surface area contributed by atoms with Crippen LogP contribution in [0, 0.1) is 26.2 Å². The third kappa shape index (κ3) is 3.99. The van der Waals surface area contributed by atoms with Crippen molar-refractivity contribution in [3.05, 3.63) is 28.8 Å². The molecule has 1 rings (SSSR count). The highest BCUT2D eigenvalue weighted by Gasteiger charge is 2.23. The van der Waals surface area contributed by atoms with Crippen molar-refractivity contribution in [1.82, 2.24) is 0 Å². The smallest absolute Gasteiger partial charge is 0.125 e. The number of nitrogens with two attached hydrogens (primary N) is 1. The third-order valence-electron chi connectivity index (χ3n) is 4.90. The predicted octanol–water partition coefficient (Wildman–Crippen LogP) is 4.54. The fourth-order valence-corrected chi connectivity index (χ4v) is 2.76. The SMILES string of the molecule is CCC(CC)(CN)CCCOc1c(C)ccc(C)c1C. The molecule has 0 heterocycles. The molecule has 0 amide bonds. The molecule has 0 aliphatic rings. The van der Waals surface area contributed by atoms with E-state index in [2.05, 4.69) is 46.8 Å². The third-order valence-corrected chi connectivity index (χ3v) is 4.90. The topological polar surface area (TPSA) is 35.2 Å². The molecule has 0 radical (unpaired) electrons. The molecule has 1 aromatic carbocycles. The first kappa shape index (κ1) is 17.0. The van der Waals surface area contributed by atoms with Crippen molar-refractivity contribution in [2.24, 2.45) is 11.1 Å². The summed E-state index contributed by atoms with van der Waals surface area (Å²) in [6, 6.07) is 4.30. The summed E-state index contributed by atoms with van der Waals surface area (Å²) >= 11 is 0. The first-order valence-electron chi connectivity index (χ1n) is 7.89. The summed E-state index contributed by atoms with van der Waals surface area (Å²) in [7, 11) is 0. The van der Waals surface area contributed by atoms with Crippen LogP contribution in [0.4, 0.5) is 0 Å². The molecule has 0 saturated heterocycles. The van der Waals surface area contributed by atoms with Crippen LogP contribution >= 0.6 is 0 Å². The molecule has 0 spiro atoms. The molecule has 0 fully saturated rings. The van der Waals surface area contributed by atoms with Gasteiger partial charge in [-0.15, -0.1) is 0 Å². The Kier molecular flexibility index (Phi) is 6.54. The standard InChI is InChI=1S/C18H31NO/c1-6-18(7-2,13-19)11-8-12-20-17-15(4)10-9-14(3)16(17)5/h9-10H,6-8,11-13,19H2,1-5H3. The molecule has 20 heavy (non-hydrogen) atoms. The van der Waals surface area contributed by atoms with Crippen LogP contribution in [-0.2, 0) is 0 Å². The van der Waals surface area contributed by atoms with Gasteiger partial charge in [0.05, 0.1) is 6.61 Å². The Bertz CT molecular complexity index is 413. The molecule has 0 unspecified atom stereocenters. The minimum atomic E-state index is 0.306. The van der Waals surface area contributed by atoms with Gasteiger partial charge in [-0.05, 0) is 75.1 Å². The molecule has 0 atom stereocenters. The highest BCUT2D eigenvalue weighted by molar-refractivity contribution is 5.44. The summed E-state index contributed by atoms with van der Waals surface area (Å²) in [6.07, 6.45) is 4.54. The van der Waals surface area contributed by atoms with Crippen molar-refractivity contribution >= 4 is 0 Å². The summed E-state index contributed by atoms with van der Waals surface area (Å²) in [5.41, 5.74) is 10.0. The van der Waals surface area contributed by atoms with Crippen LogP contribution in [0.1, 0.15) is 56.2 Å². The fourth-order valence-electron chi connectivity index (χ4n) is 2.76. The lowest BCUT2D eigenvalue weighted by Gasteiger charge is -2.30. The molecular weight excluding hydrogens is 246 g/mol. The van der Waals surface area contributed by atoms with E-state index in [0.29, 0.717) is 5.41 Å². The molecule has 2 heteroatoms. The highest BCUT2D eigenvalue weighted by atomic mass is 16.5. The Balaban J connectivity index is 2.55. The van der Waals surface area contributed by atoms with Crippen molar-refractivity contribution in [1.29, 1.82) is 0 Å². The number of hydrogen-bond donors (Lipinski definition) is 1. The van der Waals surface area contributed by atoms with Crippen LogP contribution in [-0.4, -0.2) is 13.2 Å². The van der Waals surface area contributed by atoms with E-state index in [9.17, 15) is 0 Å². The Morgan fingerprint density at radius 1 is 1.05 bits per heavy atom. The summed E-state index contributed by atoms with van der Waals surface area (Å²) in [4.78, 5) is 0. The lowest BCUT2D eigenvalue weighted by Crippen LogP contribution is -2.29. The Morgan fingerprint density at radius 2 is 1.65 bits per heavy atom. The first-order valence-corrected chi connectivity index (χ1v) is 7.89. The fraction of sp³-hybridized carbons (Fsp3) is 0.667. The minimum absolute atomic E-state index is 0.306. The van der Waals surface area contributed by atoms with Gasteiger partial charge in [0.1, 0.15) is 5.75 Å². The zero-order valence-electron chi connectivity index (χ0n) is 13.9. The molecule has 0 aliphatic carbocycles. The number of aryl methyl sites for hydroxylation is 2. The molecule has 0 saturated carbocycles. The number of benzene rings is 1. The number of hydrogen-bond acceptors (Lipinski definition) is 2. The van der Waals surface area contributed by atoms with Crippen molar-refractivity contribution in [2.75, 3.05) is 13.2 Å². The highest BCUT2D eigenvalue weighted by Crippen LogP contribution is 2.31. The van der Waals surface area contributed by atoms with Crippen LogP contribution in [0.3, 0.4) is 0 Å². The maximum absolute atomic E-state index is 6.04. The normalized spacial score (nSPS) is 11.7. The van der Waals surface area contributed by atoms with E-state index in [4.69, 9.17) is 10.5 Å². The molecule has 1 aromatic rings. The van der Waals surface area contributed by atoms with Crippen LogP contribution in [0.15, 0.2) is 12.1 Å². The van der Waals surface area contributed by atoms with Crippen LogP contribution in [0.5, 0.6) is 5.75 Å². The van der Waals surface area contributed by atoms with E-state index < -0.39 is 0 Å². The van der Waals surface area contributed by atoms with E-state index in [0.717, 1.165) is 44.6 Å². The molecule has 0 aromatic heterocycles. The average molecular weight is 277 g/mol. The van der Waals surface area contributed by atoms with E-state index in [-0.39, 0.29) is 0 Å². The van der Waals surface area contributed by atoms with Crippen LogP contribution in [0.25, 0.3) is 0 Å². The van der Waals surface area contributed by atoms with Gasteiger partial charge in [0.2, 0.25) is 0 Å². The molecule has 2 nitrogen and oxygen atoms in total. The average Bonchev–Trinajstić information content (AvgIpc) is 2.47. The van der Waals surface area contributed by atoms with E-state index in [1.165, 1.54) is 16.7 Å². The first-order chi connectivity index (χ1) is 9.49. The van der Waals surface area contributed by atoms with Gasteiger partial charge < -0.3 is 10.5 Å². The number of rotatable bonds is 8. The zero-order valence-corrected chi connectivity index (χ0v) is 13.9. The van der Waals surface area contributed by atoms with Crippen molar-refractivity contribution in [3.8, 4) is 5.75 Å². The van der Waals surface area contributed by atoms with Crippen molar-refractivity contribution in [2.45, 2.75) is 60.3 Å². The molecule has 0 aliphatic heterocycles. The van der Waals surface area contributed by atoms with Crippen LogP contribution in [0.2, 0.25) is 0 Å². The Hall–Kier alpha value is -1.02. The molecule has 2 N–H and O–H groups in total. The van der Waals surface area contributed by atoms with Crippen molar-refractivity contribution in [3.63, 3.8) is 0 Å². The van der Waals surface area contributed by atoms with E-state index >= 15 is 0 Å². The minimum Gasteiger partial charge on any atom is -0.493 e. The summed E-state index contributed by atoms with van der Waals surface area (Å²) in [5.74, 6) is 1.07. The van der Waals surface area contributed by atoms with Gasteiger partial charge >= 0.3 is 0 Å². The summed E-state index contributed by atoms with van der Waals surface area (Å²) in [5, 5.41) is 0. The summed E-state index contributed by atoms with van der Waals surface area (Å²) < 4.78 is 6.04. The second kappa shape index (κ2) is 7.68. The Labute approximate surface area is 124 Å². The maximum atomic E-state index is 6.04. The van der Waals surface area contributed by atoms with Gasteiger partial charge in [0.25, 0.3) is 0 Å². The van der Waals surface area contributed by atoms with Gasteiger partial charge in [0.15, 0.2) is 0 Å². The second-order valence-electron chi connectivity index (χ2n) is 6.02. The summed E-state index contributed by atoms with van der Waals surface area (Å²) in [6.45, 7) is 12.4. The van der Waals surface area contributed by atoms with E-state index in [1.54, 1.807) is 0 Å². The molecular formula is C18H31NO. The maximum Gasteiger partial charge on any atom is 0.125 e. The van der Waals surface area contributed by atoms with E-state index in [1.807, 2.05) is 0 Å². The monoisotopic (exact) mass is 277 g/mol. The number of ether oxygens (including phenoxy) is 1. The lowest BCUT2D eigenvalue weighted by molar-refractivity contribution is 0.212. The van der Waals surface area contributed by atoms with Gasteiger partial charge in [-0.1, -0.05) is 26.0 Å². The van der Waals surface area contributed by atoms with Gasteiger partial charge in [-0.25, -0.2) is 0 Å². The van der Waals surface area contributed by atoms with Gasteiger partial charge in [-0.3, -0.25) is 0 Å². The Morgan fingerprint density at radius 3 is 2.20 bits per heavy atom. The second-order valence-corrected chi connectivity index (χ2v) is 6.02. The van der Waals surface area contributed by atoms with Gasteiger partial charge in [0, 0.05) is 0 Å². The predicted molar refractivity (Wildman–Crippen MR) is 87.5 cm³/mol. The molecule has 114 valence electrons. The molecule has 0 bridgehead atoms.